The largest absolute Gasteiger partial charge is 0.462 e. The summed E-state index contributed by atoms with van der Waals surface area (Å²) < 4.78 is 36.0. The maximum Gasteiger partial charge on any atom is 0.337 e. The van der Waals surface area contributed by atoms with Crippen LogP contribution in [0.4, 0.5) is 0 Å². The van der Waals surface area contributed by atoms with Crippen LogP contribution in [0.2, 0.25) is 0 Å². The maximum atomic E-state index is 14.0. The molecule has 2 saturated carbocycles. The average molecular weight is 786 g/mol. The number of ether oxygens (including phenoxy) is 6. The predicted molar refractivity (Wildman–Crippen MR) is 198 cm³/mol. The van der Waals surface area contributed by atoms with E-state index in [9.17, 15) is 39.0 Å². The fourth-order valence-corrected chi connectivity index (χ4v) is 9.27. The topological polar surface area (TPSA) is 201 Å². The minimum Gasteiger partial charge on any atom is -0.462 e. The second-order valence-corrected chi connectivity index (χ2v) is 16.0. The van der Waals surface area contributed by atoms with E-state index in [4.69, 9.17) is 28.4 Å². The standard InChI is InChI=1S/C41H55NO14/c1-20-28(56-38(49)34(48)33(42(11)12)27-16-14-13-15-17-27)18-30(52-23(4)44)40(10)32(20)36(54-25(6)46)41(50)19-29(51-22(3)43)21(2)31(39(41,8)9)35(53-24(5)45)37(40)55-26(7)47/h13-17,28-30,32-37,48,50H,1,18-19H2,2-12H3/t28-,29-,30-,32-,33?,34+,35+,36-,37-,40+,41+/m0/s1. The van der Waals surface area contributed by atoms with Crippen molar-refractivity contribution in [3.05, 3.63) is 59.2 Å². The van der Waals surface area contributed by atoms with Crippen molar-refractivity contribution in [3.8, 4) is 0 Å². The van der Waals surface area contributed by atoms with Gasteiger partial charge < -0.3 is 38.6 Å². The van der Waals surface area contributed by atoms with Crippen molar-refractivity contribution in [1.29, 1.82) is 0 Å². The first-order valence-corrected chi connectivity index (χ1v) is 18.5. The van der Waals surface area contributed by atoms with E-state index in [1.54, 1.807) is 77.0 Å². The monoisotopic (exact) mass is 785 g/mol. The summed E-state index contributed by atoms with van der Waals surface area (Å²) in [4.78, 5) is 80.3. The first-order chi connectivity index (χ1) is 25.9. The molecule has 3 aliphatic rings. The van der Waals surface area contributed by atoms with Crippen LogP contribution in [-0.2, 0) is 57.2 Å². The van der Waals surface area contributed by atoms with Gasteiger partial charge >= 0.3 is 35.8 Å². The van der Waals surface area contributed by atoms with Gasteiger partial charge in [0.15, 0.2) is 18.3 Å². The molecule has 0 aliphatic heterocycles. The molecule has 0 heterocycles. The third-order valence-electron chi connectivity index (χ3n) is 11.7. The summed E-state index contributed by atoms with van der Waals surface area (Å²) in [6.07, 6.45) is -10.9. The fraction of sp³-hybridized carbons (Fsp3) is 0.610. The van der Waals surface area contributed by atoms with Gasteiger partial charge in [-0.05, 0) is 43.3 Å². The van der Waals surface area contributed by atoms with Crippen LogP contribution in [0, 0.1) is 16.7 Å². The van der Waals surface area contributed by atoms with Gasteiger partial charge in [-0.1, -0.05) is 57.7 Å². The first kappa shape index (κ1) is 44.1. The lowest BCUT2D eigenvalue weighted by Crippen LogP contribution is -2.73. The lowest BCUT2D eigenvalue weighted by molar-refractivity contribution is -0.259. The second-order valence-electron chi connectivity index (χ2n) is 16.0. The van der Waals surface area contributed by atoms with Crippen LogP contribution >= 0.6 is 0 Å². The van der Waals surface area contributed by atoms with Gasteiger partial charge in [-0.3, -0.25) is 28.9 Å². The second kappa shape index (κ2) is 16.5. The smallest absolute Gasteiger partial charge is 0.337 e. The molecule has 11 atom stereocenters. The fourth-order valence-electron chi connectivity index (χ4n) is 9.27. The molecule has 56 heavy (non-hydrogen) atoms. The zero-order valence-corrected chi connectivity index (χ0v) is 33.9. The predicted octanol–water partition coefficient (Wildman–Crippen LogP) is 3.29. The molecule has 1 aromatic carbocycles. The summed E-state index contributed by atoms with van der Waals surface area (Å²) >= 11 is 0. The number of nitrogens with zero attached hydrogens (tertiary/aromatic N) is 1. The Morgan fingerprint density at radius 3 is 1.79 bits per heavy atom. The highest BCUT2D eigenvalue weighted by molar-refractivity contribution is 5.76. The van der Waals surface area contributed by atoms with Crippen molar-refractivity contribution in [3.63, 3.8) is 0 Å². The molecule has 0 spiro atoms. The summed E-state index contributed by atoms with van der Waals surface area (Å²) in [5.41, 5.74) is -4.17. The number of hydrogen-bond acceptors (Lipinski definition) is 15. The Kier molecular flexibility index (Phi) is 13.0. The maximum absolute atomic E-state index is 14.0. The molecule has 0 radical (unpaired) electrons. The molecular weight excluding hydrogens is 730 g/mol. The Balaban J connectivity index is 2.05. The number of carbonyl (C=O) groups excluding carboxylic acids is 6. The Morgan fingerprint density at radius 2 is 1.29 bits per heavy atom. The van der Waals surface area contributed by atoms with Crippen molar-refractivity contribution in [1.82, 2.24) is 4.90 Å². The van der Waals surface area contributed by atoms with Crippen LogP contribution in [-0.4, -0.2) is 113 Å². The Bertz CT molecular complexity index is 1770. The van der Waals surface area contributed by atoms with Crippen LogP contribution in [0.3, 0.4) is 0 Å². The molecule has 2 bridgehead atoms. The van der Waals surface area contributed by atoms with Gasteiger partial charge in [0.1, 0.15) is 30.0 Å². The number of hydrogen-bond donors (Lipinski definition) is 2. The minimum absolute atomic E-state index is 0.0468. The van der Waals surface area contributed by atoms with E-state index in [2.05, 4.69) is 6.58 Å². The first-order valence-electron chi connectivity index (χ1n) is 18.5. The van der Waals surface area contributed by atoms with Crippen LogP contribution in [0.5, 0.6) is 0 Å². The SMILES string of the molecule is C=C1[C@@H](OC(=O)[C@H](O)C(c2ccccc2)N(C)C)C[C@H](OC(C)=O)[C@@]2(C)[C@@H](OC(C)=O)[C@H](OC(C)=O)C3=C(C)[C@@H](OC(C)=O)C[C@@](O)([C@@H](OC(C)=O)[C@H]12)C3(C)C. The summed E-state index contributed by atoms with van der Waals surface area (Å²) in [5.74, 6) is -6.41. The average Bonchev–Trinajstić information content (AvgIpc) is 3.06. The van der Waals surface area contributed by atoms with Gasteiger partial charge in [0.25, 0.3) is 0 Å². The molecule has 0 saturated heterocycles. The van der Waals surface area contributed by atoms with E-state index in [1.807, 2.05) is 0 Å². The van der Waals surface area contributed by atoms with Gasteiger partial charge in [-0.15, -0.1) is 0 Å². The highest BCUT2D eigenvalue weighted by Gasteiger charge is 2.72. The molecule has 1 unspecified atom stereocenters. The van der Waals surface area contributed by atoms with Gasteiger partial charge in [0, 0.05) is 58.8 Å². The van der Waals surface area contributed by atoms with E-state index < -0.39 is 107 Å². The lowest BCUT2D eigenvalue weighted by Gasteiger charge is -2.63. The van der Waals surface area contributed by atoms with Crippen molar-refractivity contribution in [2.75, 3.05) is 14.1 Å². The Morgan fingerprint density at radius 1 is 0.768 bits per heavy atom. The van der Waals surface area contributed by atoms with Crippen molar-refractivity contribution < 1.29 is 67.4 Å². The van der Waals surface area contributed by atoms with Gasteiger partial charge in [0.2, 0.25) is 0 Å². The van der Waals surface area contributed by atoms with Crippen LogP contribution in [0.15, 0.2) is 53.6 Å². The number of aliphatic hydroxyl groups excluding tert-OH is 1. The number of aliphatic hydroxyl groups is 2. The summed E-state index contributed by atoms with van der Waals surface area (Å²) in [6, 6.07) is 7.95. The van der Waals surface area contributed by atoms with E-state index in [1.165, 1.54) is 6.92 Å². The number of benzene rings is 1. The molecule has 0 aromatic heterocycles. The van der Waals surface area contributed by atoms with E-state index in [0.29, 0.717) is 11.1 Å². The Labute approximate surface area is 327 Å². The third-order valence-corrected chi connectivity index (χ3v) is 11.7. The molecular formula is C41H55NO14. The molecule has 15 heteroatoms. The van der Waals surface area contributed by atoms with Crippen molar-refractivity contribution >= 4 is 35.8 Å². The highest BCUT2D eigenvalue weighted by atomic mass is 16.6. The summed E-state index contributed by atoms with van der Waals surface area (Å²) in [5, 5.41) is 24.8. The number of fused-ring (bicyclic) bond motifs is 3. The van der Waals surface area contributed by atoms with Gasteiger partial charge in [-0.2, -0.15) is 0 Å². The number of carbonyl (C=O) groups is 6. The van der Waals surface area contributed by atoms with E-state index in [-0.39, 0.29) is 24.0 Å². The molecule has 3 aliphatic carbocycles. The van der Waals surface area contributed by atoms with Crippen LogP contribution in [0.1, 0.15) is 86.8 Å². The van der Waals surface area contributed by atoms with Crippen molar-refractivity contribution in [2.24, 2.45) is 16.7 Å². The summed E-state index contributed by atoms with van der Waals surface area (Å²) in [6.45, 7) is 16.5. The lowest BCUT2D eigenvalue weighted by atomic mass is 9.47. The van der Waals surface area contributed by atoms with Crippen LogP contribution in [0.25, 0.3) is 0 Å². The zero-order valence-electron chi connectivity index (χ0n) is 33.9. The normalized spacial score (nSPS) is 32.0. The Hall–Kier alpha value is -4.60. The van der Waals surface area contributed by atoms with Gasteiger partial charge in [0.05, 0.1) is 11.5 Å². The molecule has 4 rings (SSSR count). The number of likely N-dealkylation sites (N-methyl/N-ethyl adjacent to an activating group) is 1. The molecule has 2 N–H and O–H groups in total. The number of esters is 6. The quantitative estimate of drug-likeness (QED) is 0.199. The number of rotatable bonds is 10. The molecule has 15 nitrogen and oxygen atoms in total. The van der Waals surface area contributed by atoms with Gasteiger partial charge in [-0.25, -0.2) is 4.79 Å². The van der Waals surface area contributed by atoms with E-state index >= 15 is 0 Å². The van der Waals surface area contributed by atoms with Crippen LogP contribution < -0.4 is 0 Å². The zero-order chi connectivity index (χ0) is 42.2. The molecule has 0 amide bonds. The molecule has 2 fully saturated rings. The minimum atomic E-state index is -2.18. The third kappa shape index (κ3) is 8.12. The summed E-state index contributed by atoms with van der Waals surface area (Å²) in [7, 11) is 3.37. The van der Waals surface area contributed by atoms with E-state index in [0.717, 1.165) is 27.7 Å². The van der Waals surface area contributed by atoms with Crippen molar-refractivity contribution in [2.45, 2.75) is 130 Å². The molecule has 308 valence electrons. The highest BCUT2D eigenvalue weighted by Crippen LogP contribution is 2.63. The molecule has 1 aromatic rings.